The lowest BCUT2D eigenvalue weighted by molar-refractivity contribution is 0.171. The molecule has 2 aliphatic rings. The second-order valence-corrected chi connectivity index (χ2v) is 11.7. The second-order valence-electron chi connectivity index (χ2n) is 9.77. The van der Waals surface area contributed by atoms with Crippen LogP contribution < -0.4 is 9.47 Å². The zero-order chi connectivity index (χ0) is 26.8. The molecule has 0 saturated carbocycles. The monoisotopic (exact) mass is 542 g/mol. The Morgan fingerprint density at radius 3 is 2.46 bits per heavy atom. The van der Waals surface area contributed by atoms with E-state index in [0.717, 1.165) is 41.6 Å². The molecule has 0 atom stereocenters. The predicted molar refractivity (Wildman–Crippen MR) is 151 cm³/mol. The Labute approximate surface area is 228 Å². The smallest absolute Gasteiger partial charge is 0.245 e. The molecule has 3 heterocycles. The first kappa shape index (κ1) is 25.3. The fourth-order valence-electron chi connectivity index (χ4n) is 4.93. The number of rotatable bonds is 6. The largest absolute Gasteiger partial charge is 0.486 e. The van der Waals surface area contributed by atoms with Crippen molar-refractivity contribution in [1.82, 2.24) is 14.1 Å². The topological polar surface area (TPSA) is 86.0 Å². The first-order valence-electron chi connectivity index (χ1n) is 13.2. The zero-order valence-electron chi connectivity index (χ0n) is 21.8. The Balaban J connectivity index is 1.42. The Hall–Kier alpha value is -3.95. The van der Waals surface area contributed by atoms with Crippen molar-refractivity contribution in [3.8, 4) is 28.4 Å². The summed E-state index contributed by atoms with van der Waals surface area (Å²) in [6.07, 6.45) is 6.40. The van der Waals surface area contributed by atoms with Crippen LogP contribution in [0.25, 0.3) is 16.9 Å². The summed E-state index contributed by atoms with van der Waals surface area (Å²) in [5.74, 6) is 1.37. The highest BCUT2D eigenvalue weighted by Crippen LogP contribution is 2.36. The molecule has 8 nitrogen and oxygen atoms in total. The first-order chi connectivity index (χ1) is 19.0. The number of sulfonamides is 1. The summed E-state index contributed by atoms with van der Waals surface area (Å²) in [4.78, 5) is 4.95. The van der Waals surface area contributed by atoms with Gasteiger partial charge in [-0.2, -0.15) is 9.40 Å². The van der Waals surface area contributed by atoms with Crippen molar-refractivity contribution < 1.29 is 17.9 Å². The lowest BCUT2D eigenvalue weighted by atomic mass is 10.1. The molecule has 0 N–H and O–H groups in total. The van der Waals surface area contributed by atoms with Crippen LogP contribution in [0.5, 0.6) is 11.5 Å². The van der Waals surface area contributed by atoms with Crippen LogP contribution in [0, 0.1) is 6.92 Å². The van der Waals surface area contributed by atoms with Gasteiger partial charge in [0.2, 0.25) is 10.0 Å². The van der Waals surface area contributed by atoms with Crippen LogP contribution >= 0.6 is 0 Å². The van der Waals surface area contributed by atoms with E-state index >= 15 is 0 Å². The average molecular weight is 543 g/mol. The van der Waals surface area contributed by atoms with E-state index < -0.39 is 10.0 Å². The van der Waals surface area contributed by atoms with Gasteiger partial charge in [0.1, 0.15) is 23.8 Å². The normalized spacial score (nSPS) is 16.0. The molecule has 4 aromatic rings. The number of para-hydroxylation sites is 1. The van der Waals surface area contributed by atoms with Gasteiger partial charge in [-0.25, -0.2) is 13.1 Å². The van der Waals surface area contributed by atoms with Gasteiger partial charge in [0.05, 0.1) is 11.4 Å². The van der Waals surface area contributed by atoms with Gasteiger partial charge < -0.3 is 9.47 Å². The van der Waals surface area contributed by atoms with Crippen LogP contribution in [-0.4, -0.2) is 55.0 Å². The van der Waals surface area contributed by atoms with Gasteiger partial charge in [0.25, 0.3) is 0 Å². The lowest BCUT2D eigenvalue weighted by Crippen LogP contribution is -2.35. The number of aromatic nitrogens is 2. The predicted octanol–water partition coefficient (Wildman–Crippen LogP) is 5.54. The van der Waals surface area contributed by atoms with E-state index in [1.807, 2.05) is 67.7 Å². The number of hydrogen-bond donors (Lipinski definition) is 0. The molecule has 0 amide bonds. The maximum atomic E-state index is 13.6. The summed E-state index contributed by atoms with van der Waals surface area (Å²) in [5.41, 5.74) is 4.48. The number of fused-ring (bicyclic) bond motifs is 1. The van der Waals surface area contributed by atoms with Crippen LogP contribution in [-0.2, 0) is 10.0 Å². The molecule has 0 unspecified atom stereocenters. The molecule has 200 valence electrons. The summed E-state index contributed by atoms with van der Waals surface area (Å²) in [6.45, 7) is 3.98. The van der Waals surface area contributed by atoms with Crippen molar-refractivity contribution in [3.05, 3.63) is 84.1 Å². The third-order valence-electron chi connectivity index (χ3n) is 6.97. The highest BCUT2D eigenvalue weighted by molar-refractivity contribution is 7.89. The van der Waals surface area contributed by atoms with Crippen LogP contribution in [0.2, 0.25) is 0 Å². The number of hydrogen-bond acceptors (Lipinski definition) is 6. The number of ether oxygens (including phenoxy) is 2. The van der Waals surface area contributed by atoms with Gasteiger partial charge >= 0.3 is 0 Å². The van der Waals surface area contributed by atoms with E-state index in [1.165, 1.54) is 0 Å². The fourth-order valence-corrected chi connectivity index (χ4v) is 6.66. The molecular weight excluding hydrogens is 512 g/mol. The number of nitrogens with zero attached hydrogens (tertiary/aromatic N) is 4. The Bertz CT molecular complexity index is 1620. The molecule has 9 heteroatoms. The van der Waals surface area contributed by atoms with Crippen molar-refractivity contribution in [2.75, 3.05) is 26.3 Å². The molecule has 2 aliphatic heterocycles. The van der Waals surface area contributed by atoms with Crippen LogP contribution in [0.1, 0.15) is 30.4 Å². The number of benzene rings is 3. The van der Waals surface area contributed by atoms with Crippen molar-refractivity contribution in [3.63, 3.8) is 0 Å². The summed E-state index contributed by atoms with van der Waals surface area (Å²) >= 11 is 0. The quantitative estimate of drug-likeness (QED) is 0.299. The van der Waals surface area contributed by atoms with Crippen LogP contribution in [0.15, 0.2) is 82.8 Å². The maximum absolute atomic E-state index is 13.6. The van der Waals surface area contributed by atoms with E-state index in [2.05, 4.69) is 0 Å². The van der Waals surface area contributed by atoms with E-state index in [-0.39, 0.29) is 4.90 Å². The summed E-state index contributed by atoms with van der Waals surface area (Å²) in [7, 11) is -3.66. The van der Waals surface area contributed by atoms with Gasteiger partial charge in [0.15, 0.2) is 11.5 Å². The van der Waals surface area contributed by atoms with Gasteiger partial charge in [-0.15, -0.1) is 0 Å². The van der Waals surface area contributed by atoms with Gasteiger partial charge in [-0.3, -0.25) is 4.99 Å². The molecule has 0 bridgehead atoms. The van der Waals surface area contributed by atoms with Crippen molar-refractivity contribution >= 4 is 21.9 Å². The highest BCUT2D eigenvalue weighted by atomic mass is 32.2. The first-order valence-corrected chi connectivity index (χ1v) is 14.6. The van der Waals surface area contributed by atoms with Gasteiger partial charge in [-0.05, 0) is 67.8 Å². The zero-order valence-corrected chi connectivity index (χ0v) is 22.6. The molecule has 1 aromatic heterocycles. The summed E-state index contributed by atoms with van der Waals surface area (Å²) in [5, 5.41) is 4.87. The molecule has 0 spiro atoms. The van der Waals surface area contributed by atoms with Crippen LogP contribution in [0.3, 0.4) is 0 Å². The highest BCUT2D eigenvalue weighted by Gasteiger charge is 2.28. The minimum atomic E-state index is -3.66. The molecule has 1 saturated heterocycles. The summed E-state index contributed by atoms with van der Waals surface area (Å²) in [6, 6.07) is 20.9. The Morgan fingerprint density at radius 1 is 0.897 bits per heavy atom. The average Bonchev–Trinajstić information content (AvgIpc) is 3.41. The number of piperidine rings is 1. The third kappa shape index (κ3) is 5.20. The van der Waals surface area contributed by atoms with Crippen LogP contribution in [0.4, 0.5) is 5.69 Å². The minimum Gasteiger partial charge on any atom is -0.486 e. The van der Waals surface area contributed by atoms with E-state index in [1.54, 1.807) is 27.3 Å². The summed E-state index contributed by atoms with van der Waals surface area (Å²) < 4.78 is 42.1. The Morgan fingerprint density at radius 2 is 1.67 bits per heavy atom. The SMILES string of the molecule is Cc1ccc(N=Cc2cn(-c3ccccc3)nc2-c2ccc3c(c2)OCCO3)c(S(=O)(=O)N2CCCCC2)c1. The lowest BCUT2D eigenvalue weighted by Gasteiger charge is -2.26. The molecule has 0 aliphatic carbocycles. The van der Waals surface area contributed by atoms with Crippen molar-refractivity contribution in [2.45, 2.75) is 31.1 Å². The fraction of sp³-hybridized carbons (Fsp3) is 0.267. The molecule has 6 rings (SSSR count). The van der Waals surface area contributed by atoms with E-state index in [9.17, 15) is 8.42 Å². The standard InChI is InChI=1S/C30H30N4O4S/c1-22-10-12-26(29(18-22)39(35,36)33-14-6-3-7-15-33)31-20-24-21-34(25-8-4-2-5-9-25)32-30(24)23-11-13-27-28(19-23)38-17-16-37-27/h2,4-5,8-13,18-21H,3,6-7,14-17H2,1H3. The van der Waals surface area contributed by atoms with Crippen molar-refractivity contribution in [2.24, 2.45) is 4.99 Å². The van der Waals surface area contributed by atoms with Gasteiger partial charge in [0, 0.05) is 36.6 Å². The molecular formula is C30H30N4O4S. The van der Waals surface area contributed by atoms with E-state index in [4.69, 9.17) is 19.6 Å². The molecule has 39 heavy (non-hydrogen) atoms. The molecule has 0 radical (unpaired) electrons. The minimum absolute atomic E-state index is 0.233. The number of aryl methyl sites for hydroxylation is 1. The second kappa shape index (κ2) is 10.7. The molecule has 1 fully saturated rings. The third-order valence-corrected chi connectivity index (χ3v) is 8.90. The van der Waals surface area contributed by atoms with Crippen molar-refractivity contribution in [1.29, 1.82) is 0 Å². The number of aliphatic imine (C=N–C) groups is 1. The van der Waals surface area contributed by atoms with E-state index in [0.29, 0.717) is 49.2 Å². The maximum Gasteiger partial charge on any atom is 0.245 e. The van der Waals surface area contributed by atoms with Gasteiger partial charge in [-0.1, -0.05) is 30.7 Å². The Kier molecular flexibility index (Phi) is 6.93. The molecule has 3 aromatic carbocycles.